The van der Waals surface area contributed by atoms with E-state index in [1.807, 2.05) is 12.1 Å². The molecule has 0 aliphatic heterocycles. The van der Waals surface area contributed by atoms with Crippen LogP contribution in [0, 0.1) is 5.41 Å². The van der Waals surface area contributed by atoms with Crippen molar-refractivity contribution < 1.29 is 4.74 Å². The maximum absolute atomic E-state index is 6.02. The number of aromatic nitrogens is 1. The van der Waals surface area contributed by atoms with Gasteiger partial charge in [0.2, 0.25) is 0 Å². The van der Waals surface area contributed by atoms with Gasteiger partial charge in [-0.05, 0) is 31.0 Å². The number of rotatable bonds is 5. The van der Waals surface area contributed by atoms with Gasteiger partial charge in [0.05, 0.1) is 6.10 Å². The van der Waals surface area contributed by atoms with Gasteiger partial charge in [0.25, 0.3) is 0 Å². The highest BCUT2D eigenvalue weighted by atomic mass is 35.5. The summed E-state index contributed by atoms with van der Waals surface area (Å²) < 4.78 is 5.78. The van der Waals surface area contributed by atoms with Crippen molar-refractivity contribution in [2.45, 2.75) is 45.9 Å². The lowest BCUT2D eigenvalue weighted by Crippen LogP contribution is -2.60. The third-order valence-electron chi connectivity index (χ3n) is 4.81. The van der Waals surface area contributed by atoms with Gasteiger partial charge in [-0.2, -0.15) is 0 Å². The highest BCUT2D eigenvalue weighted by Gasteiger charge is 2.48. The lowest BCUT2D eigenvalue weighted by molar-refractivity contribution is -0.114. The van der Waals surface area contributed by atoms with Crippen molar-refractivity contribution in [1.29, 1.82) is 0 Å². The van der Waals surface area contributed by atoms with E-state index in [9.17, 15) is 0 Å². The summed E-state index contributed by atoms with van der Waals surface area (Å²) in [6.07, 6.45) is 3.54. The third-order valence-corrected chi connectivity index (χ3v) is 5.05. The van der Waals surface area contributed by atoms with Crippen LogP contribution >= 0.6 is 11.6 Å². The lowest BCUT2D eigenvalue weighted by Gasteiger charge is -2.52. The van der Waals surface area contributed by atoms with E-state index in [0.717, 1.165) is 30.1 Å². The zero-order valence-corrected chi connectivity index (χ0v) is 13.6. The van der Waals surface area contributed by atoms with Crippen LogP contribution in [0.15, 0.2) is 24.4 Å². The maximum Gasteiger partial charge on any atom is 0.0655 e. The molecule has 1 aromatic carbocycles. The maximum atomic E-state index is 6.02. The number of halogens is 1. The van der Waals surface area contributed by atoms with Crippen molar-refractivity contribution in [3.63, 3.8) is 0 Å². The first kappa shape index (κ1) is 14.9. The Balaban J connectivity index is 1.65. The van der Waals surface area contributed by atoms with Crippen LogP contribution in [-0.2, 0) is 11.3 Å². The molecule has 0 amide bonds. The molecule has 0 radical (unpaired) electrons. The second-order valence-corrected chi connectivity index (χ2v) is 6.87. The number of hydrogen-bond acceptors (Lipinski definition) is 2. The fourth-order valence-electron chi connectivity index (χ4n) is 3.25. The van der Waals surface area contributed by atoms with Gasteiger partial charge in [0.1, 0.15) is 0 Å². The predicted octanol–water partition coefficient (Wildman–Crippen LogP) is 4.11. The molecule has 21 heavy (non-hydrogen) atoms. The van der Waals surface area contributed by atoms with Crippen LogP contribution < -0.4 is 5.32 Å². The Morgan fingerprint density at radius 1 is 1.43 bits per heavy atom. The van der Waals surface area contributed by atoms with Crippen LogP contribution in [-0.4, -0.2) is 23.7 Å². The van der Waals surface area contributed by atoms with E-state index in [2.05, 4.69) is 43.3 Å². The molecule has 0 saturated heterocycles. The molecule has 1 aromatic heterocycles. The fourth-order valence-corrected chi connectivity index (χ4v) is 3.43. The van der Waals surface area contributed by atoms with Crippen LogP contribution in [0.25, 0.3) is 10.9 Å². The first-order chi connectivity index (χ1) is 10.0. The number of fused-ring (bicyclic) bond motifs is 1. The summed E-state index contributed by atoms with van der Waals surface area (Å²) >= 11 is 6.02. The van der Waals surface area contributed by atoms with E-state index in [1.54, 1.807) is 0 Å². The summed E-state index contributed by atoms with van der Waals surface area (Å²) in [4.78, 5) is 3.29. The summed E-state index contributed by atoms with van der Waals surface area (Å²) in [5, 5.41) is 5.68. The molecular formula is C17H23ClN2O. The molecule has 3 rings (SSSR count). The summed E-state index contributed by atoms with van der Waals surface area (Å²) in [7, 11) is 0. The van der Waals surface area contributed by atoms with Crippen molar-refractivity contribution in [3.8, 4) is 0 Å². The molecule has 2 aromatic rings. The molecule has 1 aliphatic rings. The Hall–Kier alpha value is -1.03. The van der Waals surface area contributed by atoms with Crippen LogP contribution in [0.1, 0.15) is 32.8 Å². The smallest absolute Gasteiger partial charge is 0.0655 e. The van der Waals surface area contributed by atoms with E-state index in [-0.39, 0.29) is 5.41 Å². The molecule has 4 heteroatoms. The van der Waals surface area contributed by atoms with Gasteiger partial charge in [0.15, 0.2) is 0 Å². The first-order valence-corrected chi connectivity index (χ1v) is 8.00. The number of H-pyrrole nitrogens is 1. The highest BCUT2D eigenvalue weighted by Crippen LogP contribution is 2.42. The van der Waals surface area contributed by atoms with Gasteiger partial charge >= 0.3 is 0 Å². The van der Waals surface area contributed by atoms with Gasteiger partial charge in [-0.15, -0.1) is 0 Å². The molecule has 0 bridgehead atoms. The van der Waals surface area contributed by atoms with Gasteiger partial charge in [-0.3, -0.25) is 0 Å². The molecule has 1 heterocycles. The van der Waals surface area contributed by atoms with E-state index in [1.165, 1.54) is 10.9 Å². The van der Waals surface area contributed by atoms with E-state index < -0.39 is 0 Å². The average Bonchev–Trinajstić information content (AvgIpc) is 2.84. The van der Waals surface area contributed by atoms with Crippen molar-refractivity contribution >= 4 is 22.5 Å². The molecule has 1 saturated carbocycles. The first-order valence-electron chi connectivity index (χ1n) is 7.63. The SMILES string of the molecule is CCOC1CC(NCc2c[nH]c3cc(Cl)ccc23)C1(C)C. The third kappa shape index (κ3) is 2.70. The van der Waals surface area contributed by atoms with Crippen molar-refractivity contribution in [2.75, 3.05) is 6.61 Å². The Morgan fingerprint density at radius 2 is 2.24 bits per heavy atom. The summed E-state index contributed by atoms with van der Waals surface area (Å²) in [6.45, 7) is 8.29. The minimum atomic E-state index is 0.200. The van der Waals surface area contributed by atoms with Crippen molar-refractivity contribution in [2.24, 2.45) is 5.41 Å². The Kier molecular flexibility index (Phi) is 4.00. The number of nitrogens with one attached hydrogen (secondary N) is 2. The molecule has 2 atom stereocenters. The minimum absolute atomic E-state index is 0.200. The lowest BCUT2D eigenvalue weighted by atomic mass is 9.64. The number of hydrogen-bond donors (Lipinski definition) is 2. The predicted molar refractivity (Wildman–Crippen MR) is 87.7 cm³/mol. The molecule has 1 fully saturated rings. The van der Waals surface area contributed by atoms with E-state index in [4.69, 9.17) is 16.3 Å². The fraction of sp³-hybridized carbons (Fsp3) is 0.529. The zero-order valence-electron chi connectivity index (χ0n) is 12.9. The van der Waals surface area contributed by atoms with Gasteiger partial charge in [0, 0.05) is 46.7 Å². The van der Waals surface area contributed by atoms with Crippen molar-refractivity contribution in [1.82, 2.24) is 10.3 Å². The van der Waals surface area contributed by atoms with Gasteiger partial charge in [-0.1, -0.05) is 31.5 Å². The van der Waals surface area contributed by atoms with E-state index >= 15 is 0 Å². The average molecular weight is 307 g/mol. The molecular weight excluding hydrogens is 284 g/mol. The second kappa shape index (κ2) is 5.64. The van der Waals surface area contributed by atoms with E-state index in [0.29, 0.717) is 12.1 Å². The normalized spacial score (nSPS) is 24.2. The Morgan fingerprint density at radius 3 is 2.95 bits per heavy atom. The summed E-state index contributed by atoms with van der Waals surface area (Å²) in [6, 6.07) is 6.50. The minimum Gasteiger partial charge on any atom is -0.378 e. The monoisotopic (exact) mass is 306 g/mol. The van der Waals surface area contributed by atoms with Crippen LogP contribution in [0.5, 0.6) is 0 Å². The summed E-state index contributed by atoms with van der Waals surface area (Å²) in [5.41, 5.74) is 2.59. The standard InChI is InChI=1S/C17H23ClN2O/c1-4-21-16-8-15(17(16,2)3)20-10-11-9-19-14-7-12(18)5-6-13(11)14/h5-7,9,15-16,19-20H,4,8,10H2,1-3H3. The molecule has 0 spiro atoms. The quantitative estimate of drug-likeness (QED) is 0.872. The Bertz CT molecular complexity index is 635. The van der Waals surface area contributed by atoms with Crippen LogP contribution in [0.2, 0.25) is 5.02 Å². The molecule has 2 N–H and O–H groups in total. The molecule has 1 aliphatic carbocycles. The van der Waals surface area contributed by atoms with Gasteiger partial charge < -0.3 is 15.0 Å². The largest absolute Gasteiger partial charge is 0.378 e. The van der Waals surface area contributed by atoms with Crippen LogP contribution in [0.4, 0.5) is 0 Å². The zero-order chi connectivity index (χ0) is 15.0. The number of benzene rings is 1. The Labute approximate surface area is 131 Å². The topological polar surface area (TPSA) is 37.0 Å². The van der Waals surface area contributed by atoms with Crippen molar-refractivity contribution in [3.05, 3.63) is 35.0 Å². The van der Waals surface area contributed by atoms with Gasteiger partial charge in [-0.25, -0.2) is 0 Å². The highest BCUT2D eigenvalue weighted by molar-refractivity contribution is 6.31. The molecule has 3 nitrogen and oxygen atoms in total. The second-order valence-electron chi connectivity index (χ2n) is 6.44. The number of ether oxygens (including phenoxy) is 1. The molecule has 114 valence electrons. The summed E-state index contributed by atoms with van der Waals surface area (Å²) in [5.74, 6) is 0. The number of aromatic amines is 1. The molecule has 2 unspecified atom stereocenters. The van der Waals surface area contributed by atoms with Crippen LogP contribution in [0.3, 0.4) is 0 Å².